The number of rotatable bonds is 5. The lowest BCUT2D eigenvalue weighted by atomic mass is 10.1. The van der Waals surface area contributed by atoms with Gasteiger partial charge in [0.05, 0.1) is 25.5 Å². The zero-order chi connectivity index (χ0) is 13.0. The van der Waals surface area contributed by atoms with E-state index < -0.39 is 10.0 Å². The SMILES string of the molecule is O=S(=O)(c1ccn[nH]1)N1CCC(OCCO)CC1. The van der Waals surface area contributed by atoms with Crippen LogP contribution in [0.2, 0.25) is 0 Å². The van der Waals surface area contributed by atoms with Crippen molar-refractivity contribution in [3.05, 3.63) is 12.3 Å². The summed E-state index contributed by atoms with van der Waals surface area (Å²) in [6, 6.07) is 1.45. The molecule has 2 heterocycles. The van der Waals surface area contributed by atoms with E-state index in [0.29, 0.717) is 32.5 Å². The first-order valence-corrected chi connectivity index (χ1v) is 7.30. The second kappa shape index (κ2) is 5.79. The molecule has 0 spiro atoms. The van der Waals surface area contributed by atoms with Crippen LogP contribution in [0.25, 0.3) is 0 Å². The Bertz CT molecular complexity index is 451. The first-order chi connectivity index (χ1) is 8.64. The van der Waals surface area contributed by atoms with Crippen molar-refractivity contribution < 1.29 is 18.3 Å². The number of aromatic amines is 1. The van der Waals surface area contributed by atoms with Gasteiger partial charge in [-0.05, 0) is 18.9 Å². The Labute approximate surface area is 106 Å². The molecule has 0 saturated carbocycles. The van der Waals surface area contributed by atoms with Crippen molar-refractivity contribution in [2.45, 2.75) is 24.0 Å². The number of nitrogens with zero attached hydrogens (tertiary/aromatic N) is 2. The van der Waals surface area contributed by atoms with Gasteiger partial charge in [-0.3, -0.25) is 5.10 Å². The normalized spacial score (nSPS) is 19.2. The third-order valence-corrected chi connectivity index (χ3v) is 4.77. The fourth-order valence-electron chi connectivity index (χ4n) is 1.98. The van der Waals surface area contributed by atoms with E-state index in [1.807, 2.05) is 0 Å². The molecule has 1 aliphatic rings. The number of sulfonamides is 1. The van der Waals surface area contributed by atoms with E-state index in [-0.39, 0.29) is 17.7 Å². The average Bonchev–Trinajstić information content (AvgIpc) is 2.91. The summed E-state index contributed by atoms with van der Waals surface area (Å²) >= 11 is 0. The highest BCUT2D eigenvalue weighted by molar-refractivity contribution is 7.89. The van der Waals surface area contributed by atoms with Crippen LogP contribution in [0.3, 0.4) is 0 Å². The van der Waals surface area contributed by atoms with Crippen LogP contribution in [0.5, 0.6) is 0 Å². The molecule has 0 bridgehead atoms. The molecule has 0 radical (unpaired) electrons. The predicted octanol–water partition coefficient (Wildman–Crippen LogP) is -0.428. The molecule has 0 atom stereocenters. The van der Waals surface area contributed by atoms with E-state index in [1.54, 1.807) is 0 Å². The molecule has 1 saturated heterocycles. The van der Waals surface area contributed by atoms with Crippen LogP contribution in [0.1, 0.15) is 12.8 Å². The van der Waals surface area contributed by atoms with Crippen LogP contribution >= 0.6 is 0 Å². The Hall–Kier alpha value is -0.960. The zero-order valence-electron chi connectivity index (χ0n) is 9.95. The van der Waals surface area contributed by atoms with Crippen LogP contribution in [-0.4, -0.2) is 60.4 Å². The number of piperidine rings is 1. The number of aliphatic hydroxyl groups is 1. The molecule has 18 heavy (non-hydrogen) atoms. The van der Waals surface area contributed by atoms with Gasteiger partial charge in [-0.15, -0.1) is 0 Å². The summed E-state index contributed by atoms with van der Waals surface area (Å²) < 4.78 is 31.1. The molecule has 0 aromatic carbocycles. The number of nitrogens with one attached hydrogen (secondary N) is 1. The van der Waals surface area contributed by atoms with Crippen molar-refractivity contribution in [3.8, 4) is 0 Å². The molecule has 102 valence electrons. The van der Waals surface area contributed by atoms with Crippen molar-refractivity contribution in [2.24, 2.45) is 0 Å². The Morgan fingerprint density at radius 3 is 2.78 bits per heavy atom. The molecule has 2 rings (SSSR count). The first kappa shape index (κ1) is 13.5. The lowest BCUT2D eigenvalue weighted by Gasteiger charge is -2.30. The molecule has 0 aliphatic carbocycles. The van der Waals surface area contributed by atoms with E-state index in [4.69, 9.17) is 9.84 Å². The molecular weight excluding hydrogens is 258 g/mol. The van der Waals surface area contributed by atoms with Crippen LogP contribution < -0.4 is 0 Å². The third kappa shape index (κ3) is 2.89. The quantitative estimate of drug-likeness (QED) is 0.760. The average molecular weight is 275 g/mol. The van der Waals surface area contributed by atoms with E-state index >= 15 is 0 Å². The first-order valence-electron chi connectivity index (χ1n) is 5.86. The van der Waals surface area contributed by atoms with Crippen molar-refractivity contribution in [1.82, 2.24) is 14.5 Å². The van der Waals surface area contributed by atoms with Crippen LogP contribution in [0.4, 0.5) is 0 Å². The monoisotopic (exact) mass is 275 g/mol. The van der Waals surface area contributed by atoms with Crippen molar-refractivity contribution in [3.63, 3.8) is 0 Å². The standard InChI is InChI=1S/C10H17N3O4S/c14-7-8-17-9-2-5-13(6-3-9)18(15,16)10-1-4-11-12-10/h1,4,9,14H,2-3,5-8H2,(H,11,12). The summed E-state index contributed by atoms with van der Waals surface area (Å²) in [5.41, 5.74) is 0. The van der Waals surface area contributed by atoms with E-state index in [9.17, 15) is 8.42 Å². The summed E-state index contributed by atoms with van der Waals surface area (Å²) in [5.74, 6) is 0. The fraction of sp³-hybridized carbons (Fsp3) is 0.700. The van der Waals surface area contributed by atoms with Crippen molar-refractivity contribution in [2.75, 3.05) is 26.3 Å². The molecule has 1 fully saturated rings. The van der Waals surface area contributed by atoms with Gasteiger partial charge in [0.15, 0.2) is 5.03 Å². The van der Waals surface area contributed by atoms with Gasteiger partial charge in [-0.25, -0.2) is 8.42 Å². The summed E-state index contributed by atoms with van der Waals surface area (Å²) in [5, 5.41) is 14.9. The fourth-order valence-corrected chi connectivity index (χ4v) is 3.35. The van der Waals surface area contributed by atoms with Gasteiger partial charge in [-0.2, -0.15) is 9.40 Å². The minimum absolute atomic E-state index is 0.00728. The molecule has 7 nitrogen and oxygen atoms in total. The maximum Gasteiger partial charge on any atom is 0.259 e. The molecule has 0 amide bonds. The number of hydrogen-bond acceptors (Lipinski definition) is 5. The smallest absolute Gasteiger partial charge is 0.259 e. The Morgan fingerprint density at radius 1 is 1.50 bits per heavy atom. The van der Waals surface area contributed by atoms with Crippen LogP contribution in [-0.2, 0) is 14.8 Å². The Kier molecular flexibility index (Phi) is 4.33. The van der Waals surface area contributed by atoms with Gasteiger partial charge in [0.1, 0.15) is 0 Å². The molecule has 1 aliphatic heterocycles. The maximum atomic E-state index is 12.1. The van der Waals surface area contributed by atoms with E-state index in [2.05, 4.69) is 10.2 Å². The lowest BCUT2D eigenvalue weighted by molar-refractivity contribution is 0.00316. The molecule has 8 heteroatoms. The maximum absolute atomic E-state index is 12.1. The Morgan fingerprint density at radius 2 is 2.22 bits per heavy atom. The molecule has 0 unspecified atom stereocenters. The van der Waals surface area contributed by atoms with Gasteiger partial charge >= 0.3 is 0 Å². The Balaban J connectivity index is 1.94. The van der Waals surface area contributed by atoms with Crippen LogP contribution in [0, 0.1) is 0 Å². The number of ether oxygens (including phenoxy) is 1. The highest BCUT2D eigenvalue weighted by Gasteiger charge is 2.30. The number of aliphatic hydroxyl groups excluding tert-OH is 1. The summed E-state index contributed by atoms with van der Waals surface area (Å²) in [6.07, 6.45) is 2.75. The van der Waals surface area contributed by atoms with E-state index in [0.717, 1.165) is 0 Å². The minimum Gasteiger partial charge on any atom is -0.394 e. The summed E-state index contributed by atoms with van der Waals surface area (Å²) in [4.78, 5) is 0. The van der Waals surface area contributed by atoms with Gasteiger partial charge < -0.3 is 9.84 Å². The van der Waals surface area contributed by atoms with Crippen LogP contribution in [0.15, 0.2) is 17.3 Å². The minimum atomic E-state index is -3.45. The van der Waals surface area contributed by atoms with E-state index in [1.165, 1.54) is 16.6 Å². The molecule has 1 aromatic heterocycles. The van der Waals surface area contributed by atoms with Crippen molar-refractivity contribution >= 4 is 10.0 Å². The summed E-state index contributed by atoms with van der Waals surface area (Å²) in [6.45, 7) is 1.15. The number of hydrogen-bond donors (Lipinski definition) is 2. The van der Waals surface area contributed by atoms with Gasteiger partial charge in [0.25, 0.3) is 10.0 Å². The second-order valence-corrected chi connectivity index (χ2v) is 6.03. The van der Waals surface area contributed by atoms with Gasteiger partial charge in [-0.1, -0.05) is 0 Å². The summed E-state index contributed by atoms with van der Waals surface area (Å²) in [7, 11) is -3.45. The van der Waals surface area contributed by atoms with Gasteiger partial charge in [0, 0.05) is 13.1 Å². The highest BCUT2D eigenvalue weighted by atomic mass is 32.2. The topological polar surface area (TPSA) is 95.5 Å². The molecule has 2 N–H and O–H groups in total. The molecule has 1 aromatic rings. The second-order valence-electron chi connectivity index (χ2n) is 4.12. The zero-order valence-corrected chi connectivity index (χ0v) is 10.8. The van der Waals surface area contributed by atoms with Crippen molar-refractivity contribution in [1.29, 1.82) is 0 Å². The largest absolute Gasteiger partial charge is 0.394 e. The highest BCUT2D eigenvalue weighted by Crippen LogP contribution is 2.20. The number of H-pyrrole nitrogens is 1. The number of aromatic nitrogens is 2. The predicted molar refractivity (Wildman–Crippen MR) is 63.4 cm³/mol. The molecular formula is C10H17N3O4S. The lowest BCUT2D eigenvalue weighted by Crippen LogP contribution is -2.41. The third-order valence-electron chi connectivity index (χ3n) is 2.94. The van der Waals surface area contributed by atoms with Gasteiger partial charge in [0.2, 0.25) is 0 Å².